The van der Waals surface area contributed by atoms with Crippen LogP contribution in [0.3, 0.4) is 0 Å². The number of benzene rings is 1. The highest BCUT2D eigenvalue weighted by Gasteiger charge is 2.31. The first-order chi connectivity index (χ1) is 11.3. The van der Waals surface area contributed by atoms with Crippen molar-refractivity contribution in [2.24, 2.45) is 0 Å². The summed E-state index contributed by atoms with van der Waals surface area (Å²) in [6.07, 6.45) is 4.15. The summed E-state index contributed by atoms with van der Waals surface area (Å²) in [7, 11) is 0. The fourth-order valence-corrected chi connectivity index (χ4v) is 3.67. The average Bonchev–Trinajstić information content (AvgIpc) is 3.16. The van der Waals surface area contributed by atoms with Crippen LogP contribution in [0.1, 0.15) is 48.1 Å². The number of thioether (sulfide) groups is 1. The Hall–Kier alpha value is -2.01. The highest BCUT2D eigenvalue weighted by atomic mass is 32.2. The highest BCUT2D eigenvalue weighted by molar-refractivity contribution is 7.99. The van der Waals surface area contributed by atoms with Crippen LogP contribution in [-0.4, -0.2) is 14.8 Å². The van der Waals surface area contributed by atoms with Crippen molar-refractivity contribution in [2.75, 3.05) is 0 Å². The molecule has 1 atom stereocenters. The first-order valence-electron chi connectivity index (χ1n) is 7.98. The van der Waals surface area contributed by atoms with Crippen LogP contribution in [0.2, 0.25) is 0 Å². The molecule has 1 fully saturated rings. The van der Waals surface area contributed by atoms with Crippen molar-refractivity contribution < 1.29 is 4.42 Å². The molecular formula is C18H19N3OS. The molecule has 0 aliphatic heterocycles. The molecule has 4 rings (SSSR count). The Morgan fingerprint density at radius 3 is 2.70 bits per heavy atom. The number of hydrogen-bond donors (Lipinski definition) is 0. The lowest BCUT2D eigenvalue weighted by Gasteiger charge is -2.13. The van der Waals surface area contributed by atoms with Gasteiger partial charge in [-0.15, -0.1) is 10.2 Å². The molecule has 0 bridgehead atoms. The Kier molecular flexibility index (Phi) is 3.95. The maximum Gasteiger partial charge on any atom is 0.192 e. The lowest BCUT2D eigenvalue weighted by Crippen LogP contribution is -2.06. The Balaban J connectivity index is 1.60. The summed E-state index contributed by atoms with van der Waals surface area (Å²) in [4.78, 5) is 0. The normalized spacial score (nSPS) is 15.7. The number of furan rings is 1. The van der Waals surface area contributed by atoms with Crippen LogP contribution < -0.4 is 0 Å². The number of rotatable bonds is 6. The molecule has 0 saturated heterocycles. The summed E-state index contributed by atoms with van der Waals surface area (Å²) in [6, 6.07) is 14.5. The number of nitrogens with zero attached hydrogens (tertiary/aromatic N) is 3. The molecule has 2 heterocycles. The third-order valence-electron chi connectivity index (χ3n) is 4.13. The first-order valence-corrected chi connectivity index (χ1v) is 8.86. The van der Waals surface area contributed by atoms with Crippen LogP contribution in [0.15, 0.2) is 58.3 Å². The van der Waals surface area contributed by atoms with Gasteiger partial charge in [-0.25, -0.2) is 0 Å². The number of hydrogen-bond acceptors (Lipinski definition) is 4. The Bertz CT molecular complexity index is 763. The SMILES string of the molecule is CC(Sc1nnc(C2CC2)n1Cc1ccco1)c1ccccc1. The Labute approximate surface area is 139 Å². The minimum absolute atomic E-state index is 0.336. The smallest absolute Gasteiger partial charge is 0.192 e. The van der Waals surface area contributed by atoms with Crippen LogP contribution in [0.25, 0.3) is 0 Å². The van der Waals surface area contributed by atoms with E-state index in [1.807, 2.05) is 18.2 Å². The van der Waals surface area contributed by atoms with Gasteiger partial charge < -0.3 is 4.42 Å². The summed E-state index contributed by atoms with van der Waals surface area (Å²) < 4.78 is 7.74. The minimum Gasteiger partial charge on any atom is -0.467 e. The van der Waals surface area contributed by atoms with E-state index in [0.29, 0.717) is 17.7 Å². The van der Waals surface area contributed by atoms with Crippen molar-refractivity contribution in [3.8, 4) is 0 Å². The van der Waals surface area contributed by atoms with E-state index in [4.69, 9.17) is 4.42 Å². The summed E-state index contributed by atoms with van der Waals surface area (Å²) in [5.41, 5.74) is 1.30. The standard InChI is InChI=1S/C18H19N3OS/c1-13(14-6-3-2-4-7-14)23-18-20-19-17(15-9-10-15)21(18)12-16-8-5-11-22-16/h2-8,11,13,15H,9-10,12H2,1H3. The molecule has 1 aliphatic rings. The second-order valence-electron chi connectivity index (χ2n) is 5.95. The van der Waals surface area contributed by atoms with Crippen LogP contribution >= 0.6 is 11.8 Å². The van der Waals surface area contributed by atoms with E-state index in [9.17, 15) is 0 Å². The van der Waals surface area contributed by atoms with E-state index >= 15 is 0 Å². The fourth-order valence-electron chi connectivity index (χ4n) is 2.69. The molecule has 1 aliphatic carbocycles. The molecule has 118 valence electrons. The maximum atomic E-state index is 5.52. The number of aromatic nitrogens is 3. The second kappa shape index (κ2) is 6.24. The molecule has 0 radical (unpaired) electrons. The molecule has 3 aromatic rings. The molecule has 5 heteroatoms. The van der Waals surface area contributed by atoms with Gasteiger partial charge in [-0.3, -0.25) is 4.57 Å². The predicted molar refractivity (Wildman–Crippen MR) is 90.5 cm³/mol. The van der Waals surface area contributed by atoms with E-state index in [1.165, 1.54) is 18.4 Å². The van der Waals surface area contributed by atoms with Crippen LogP contribution in [0.4, 0.5) is 0 Å². The third-order valence-corrected chi connectivity index (χ3v) is 5.27. The van der Waals surface area contributed by atoms with Crippen molar-refractivity contribution in [1.29, 1.82) is 0 Å². The van der Waals surface area contributed by atoms with Gasteiger partial charge in [0.2, 0.25) is 0 Å². The predicted octanol–water partition coefficient (Wildman–Crippen LogP) is 4.65. The van der Waals surface area contributed by atoms with Crippen molar-refractivity contribution in [3.05, 3.63) is 65.9 Å². The molecule has 23 heavy (non-hydrogen) atoms. The van der Waals surface area contributed by atoms with Crippen molar-refractivity contribution >= 4 is 11.8 Å². The largest absolute Gasteiger partial charge is 0.467 e. The van der Waals surface area contributed by atoms with E-state index < -0.39 is 0 Å². The fraction of sp³-hybridized carbons (Fsp3) is 0.333. The van der Waals surface area contributed by atoms with Gasteiger partial charge in [0, 0.05) is 11.2 Å². The summed E-state index contributed by atoms with van der Waals surface area (Å²) >= 11 is 1.76. The van der Waals surface area contributed by atoms with Crippen LogP contribution in [-0.2, 0) is 6.54 Å². The topological polar surface area (TPSA) is 43.9 Å². The summed E-state index contributed by atoms with van der Waals surface area (Å²) in [5.74, 6) is 2.61. The molecule has 2 aromatic heterocycles. The van der Waals surface area contributed by atoms with Crippen molar-refractivity contribution in [1.82, 2.24) is 14.8 Å². The lowest BCUT2D eigenvalue weighted by atomic mass is 10.2. The monoisotopic (exact) mass is 325 g/mol. The molecule has 0 spiro atoms. The lowest BCUT2D eigenvalue weighted by molar-refractivity contribution is 0.478. The quantitative estimate of drug-likeness (QED) is 0.619. The van der Waals surface area contributed by atoms with Gasteiger partial charge >= 0.3 is 0 Å². The van der Waals surface area contributed by atoms with Gasteiger partial charge in [0.1, 0.15) is 11.6 Å². The van der Waals surface area contributed by atoms with E-state index in [1.54, 1.807) is 18.0 Å². The van der Waals surface area contributed by atoms with Gasteiger partial charge in [0.05, 0.1) is 12.8 Å². The Morgan fingerprint density at radius 1 is 1.17 bits per heavy atom. The maximum absolute atomic E-state index is 5.52. The third kappa shape index (κ3) is 3.20. The zero-order valence-corrected chi connectivity index (χ0v) is 13.9. The van der Waals surface area contributed by atoms with Crippen LogP contribution in [0, 0.1) is 0 Å². The van der Waals surface area contributed by atoms with Gasteiger partial charge in [0.15, 0.2) is 5.16 Å². The zero-order chi connectivity index (χ0) is 15.6. The van der Waals surface area contributed by atoms with Crippen molar-refractivity contribution in [2.45, 2.75) is 42.6 Å². The molecule has 1 unspecified atom stereocenters. The minimum atomic E-state index is 0.336. The van der Waals surface area contributed by atoms with E-state index in [-0.39, 0.29) is 0 Å². The zero-order valence-electron chi connectivity index (χ0n) is 13.1. The van der Waals surface area contributed by atoms with Gasteiger partial charge in [-0.1, -0.05) is 42.1 Å². The first kappa shape index (κ1) is 14.6. The van der Waals surface area contributed by atoms with Gasteiger partial charge in [0.25, 0.3) is 0 Å². The molecular weight excluding hydrogens is 306 g/mol. The second-order valence-corrected chi connectivity index (χ2v) is 7.26. The molecule has 1 saturated carbocycles. The van der Waals surface area contributed by atoms with Gasteiger partial charge in [-0.2, -0.15) is 0 Å². The van der Waals surface area contributed by atoms with Crippen molar-refractivity contribution in [3.63, 3.8) is 0 Å². The molecule has 0 amide bonds. The average molecular weight is 325 g/mol. The van der Waals surface area contributed by atoms with E-state index in [0.717, 1.165) is 16.7 Å². The summed E-state index contributed by atoms with van der Waals surface area (Å²) in [6.45, 7) is 2.92. The highest BCUT2D eigenvalue weighted by Crippen LogP contribution is 2.42. The van der Waals surface area contributed by atoms with E-state index in [2.05, 4.69) is 46.0 Å². The molecule has 0 N–H and O–H groups in total. The Morgan fingerprint density at radius 2 is 2.00 bits per heavy atom. The van der Waals surface area contributed by atoms with Gasteiger partial charge in [-0.05, 0) is 37.5 Å². The summed E-state index contributed by atoms with van der Waals surface area (Å²) in [5, 5.41) is 10.2. The van der Waals surface area contributed by atoms with Crippen LogP contribution in [0.5, 0.6) is 0 Å². The molecule has 4 nitrogen and oxygen atoms in total. The molecule has 1 aromatic carbocycles.